The first-order valence-electron chi connectivity index (χ1n) is 7.72. The van der Waals surface area contributed by atoms with Gasteiger partial charge in [-0.3, -0.25) is 9.59 Å². The number of allylic oxidation sites excluding steroid dienone is 4. The number of carbonyl (C=O) groups excluding carboxylic acids is 2. The van der Waals surface area contributed by atoms with Gasteiger partial charge in [-0.05, 0) is 37.3 Å². The summed E-state index contributed by atoms with van der Waals surface area (Å²) in [5.41, 5.74) is 3.63. The van der Waals surface area contributed by atoms with Gasteiger partial charge in [-0.2, -0.15) is 0 Å². The van der Waals surface area contributed by atoms with Crippen molar-refractivity contribution in [3.63, 3.8) is 0 Å². The van der Waals surface area contributed by atoms with Crippen LogP contribution in [-0.2, 0) is 11.2 Å². The van der Waals surface area contributed by atoms with Gasteiger partial charge < -0.3 is 5.11 Å². The lowest BCUT2D eigenvalue weighted by atomic mass is 9.80. The average Bonchev–Trinajstić information content (AvgIpc) is 2.46. The molecule has 0 fully saturated rings. The summed E-state index contributed by atoms with van der Waals surface area (Å²) < 4.78 is 0. The molecule has 0 aromatic heterocycles. The Bertz CT molecular complexity index is 761. The highest BCUT2D eigenvalue weighted by Crippen LogP contribution is 2.34. The Balaban J connectivity index is 2.66. The van der Waals surface area contributed by atoms with E-state index in [-0.39, 0.29) is 17.3 Å². The topological polar surface area (TPSA) is 54.4 Å². The highest BCUT2D eigenvalue weighted by atomic mass is 16.3. The van der Waals surface area contributed by atoms with Crippen molar-refractivity contribution in [1.82, 2.24) is 0 Å². The van der Waals surface area contributed by atoms with Gasteiger partial charge in [-0.1, -0.05) is 50.3 Å². The molecule has 120 valence electrons. The lowest BCUT2D eigenvalue weighted by molar-refractivity contribution is -0.112. The van der Waals surface area contributed by atoms with Gasteiger partial charge >= 0.3 is 0 Å². The maximum absolute atomic E-state index is 12.6. The second-order valence-corrected chi connectivity index (χ2v) is 6.31. The van der Waals surface area contributed by atoms with Crippen molar-refractivity contribution in [3.05, 3.63) is 64.3 Å². The fraction of sp³-hybridized carbons (Fsp3) is 0.300. The Labute approximate surface area is 137 Å². The maximum atomic E-state index is 12.6. The zero-order valence-electron chi connectivity index (χ0n) is 14.1. The number of ketones is 2. The van der Waals surface area contributed by atoms with E-state index in [9.17, 15) is 14.7 Å². The van der Waals surface area contributed by atoms with Crippen LogP contribution >= 0.6 is 0 Å². The van der Waals surface area contributed by atoms with Gasteiger partial charge in [0.15, 0.2) is 0 Å². The summed E-state index contributed by atoms with van der Waals surface area (Å²) in [6.07, 6.45) is 4.32. The second kappa shape index (κ2) is 6.37. The molecule has 0 amide bonds. The summed E-state index contributed by atoms with van der Waals surface area (Å²) in [7, 11) is 0. The summed E-state index contributed by atoms with van der Waals surface area (Å²) in [4.78, 5) is 25.0. The largest absolute Gasteiger partial charge is 0.507 e. The minimum absolute atomic E-state index is 0.0651. The van der Waals surface area contributed by atoms with Crippen LogP contribution in [0.5, 0.6) is 0 Å². The van der Waals surface area contributed by atoms with E-state index in [1.165, 1.54) is 0 Å². The Morgan fingerprint density at radius 3 is 2.48 bits per heavy atom. The van der Waals surface area contributed by atoms with Crippen LogP contribution in [-0.4, -0.2) is 16.7 Å². The van der Waals surface area contributed by atoms with Crippen molar-refractivity contribution in [2.24, 2.45) is 5.92 Å². The molecule has 0 bridgehead atoms. The molecule has 0 saturated heterocycles. The summed E-state index contributed by atoms with van der Waals surface area (Å²) in [6, 6.07) is 3.60. The Hall–Kier alpha value is -2.42. The summed E-state index contributed by atoms with van der Waals surface area (Å²) in [5.74, 6) is -1.39. The molecule has 0 saturated carbocycles. The highest BCUT2D eigenvalue weighted by molar-refractivity contribution is 6.52. The third kappa shape index (κ3) is 3.04. The number of aryl methyl sites for hydroxylation is 1. The summed E-state index contributed by atoms with van der Waals surface area (Å²) in [5, 5.41) is 10.5. The Morgan fingerprint density at radius 2 is 1.91 bits per heavy atom. The normalized spacial score (nSPS) is 14.8. The number of rotatable bonds is 4. The first-order valence-corrected chi connectivity index (χ1v) is 7.72. The summed E-state index contributed by atoms with van der Waals surface area (Å²) >= 11 is 0. The number of carbonyl (C=O) groups is 2. The quantitative estimate of drug-likeness (QED) is 0.664. The molecule has 23 heavy (non-hydrogen) atoms. The van der Waals surface area contributed by atoms with E-state index in [0.717, 1.165) is 16.7 Å². The fourth-order valence-corrected chi connectivity index (χ4v) is 2.87. The predicted octanol–water partition coefficient (Wildman–Crippen LogP) is 4.36. The van der Waals surface area contributed by atoms with Crippen LogP contribution in [0.25, 0.3) is 5.76 Å². The fourth-order valence-electron chi connectivity index (χ4n) is 2.87. The minimum atomic E-state index is -0.597. The van der Waals surface area contributed by atoms with Crippen LogP contribution in [0.15, 0.2) is 42.0 Å². The van der Waals surface area contributed by atoms with Crippen LogP contribution in [0.2, 0.25) is 0 Å². The van der Waals surface area contributed by atoms with Crippen molar-refractivity contribution in [1.29, 1.82) is 0 Å². The van der Waals surface area contributed by atoms with Gasteiger partial charge in [-0.25, -0.2) is 0 Å². The third-order valence-corrected chi connectivity index (χ3v) is 4.04. The van der Waals surface area contributed by atoms with Crippen molar-refractivity contribution < 1.29 is 14.7 Å². The van der Waals surface area contributed by atoms with E-state index in [4.69, 9.17) is 0 Å². The molecule has 1 aromatic carbocycles. The Morgan fingerprint density at radius 1 is 1.26 bits per heavy atom. The molecule has 3 nitrogen and oxygen atoms in total. The smallest absolute Gasteiger partial charge is 0.234 e. The first-order chi connectivity index (χ1) is 10.8. The monoisotopic (exact) mass is 310 g/mol. The van der Waals surface area contributed by atoms with Gasteiger partial charge in [0.1, 0.15) is 5.76 Å². The van der Waals surface area contributed by atoms with Crippen LogP contribution < -0.4 is 0 Å². The van der Waals surface area contributed by atoms with Gasteiger partial charge in [-0.15, -0.1) is 0 Å². The third-order valence-electron chi connectivity index (χ3n) is 4.04. The molecule has 3 heteroatoms. The molecule has 1 aliphatic carbocycles. The second-order valence-electron chi connectivity index (χ2n) is 6.31. The summed E-state index contributed by atoms with van der Waals surface area (Å²) in [6.45, 7) is 11.2. The molecule has 1 N–H and O–H groups in total. The molecule has 2 rings (SSSR count). The van der Waals surface area contributed by atoms with E-state index in [1.54, 1.807) is 19.9 Å². The van der Waals surface area contributed by atoms with Gasteiger partial charge in [0.25, 0.3) is 0 Å². The van der Waals surface area contributed by atoms with Crippen molar-refractivity contribution in [2.75, 3.05) is 0 Å². The maximum Gasteiger partial charge on any atom is 0.234 e. The van der Waals surface area contributed by atoms with E-state index < -0.39 is 11.6 Å². The van der Waals surface area contributed by atoms with Crippen LogP contribution in [0.1, 0.15) is 47.8 Å². The first kappa shape index (κ1) is 16.9. The number of fused-ring (bicyclic) bond motifs is 1. The van der Waals surface area contributed by atoms with Gasteiger partial charge in [0.2, 0.25) is 11.6 Å². The van der Waals surface area contributed by atoms with Crippen molar-refractivity contribution in [2.45, 2.75) is 34.1 Å². The van der Waals surface area contributed by atoms with E-state index in [1.807, 2.05) is 32.1 Å². The number of Topliss-reactive ketones (excluding diaryl/α,β-unsaturated/α-hetero) is 2. The van der Waals surface area contributed by atoms with E-state index >= 15 is 0 Å². The molecule has 0 atom stereocenters. The number of aliphatic hydroxyl groups is 1. The van der Waals surface area contributed by atoms with Crippen molar-refractivity contribution in [3.8, 4) is 0 Å². The molecule has 0 radical (unpaired) electrons. The highest BCUT2D eigenvalue weighted by Gasteiger charge is 2.35. The zero-order chi connectivity index (χ0) is 17.3. The van der Waals surface area contributed by atoms with Crippen LogP contribution in [0.3, 0.4) is 0 Å². The molecular weight excluding hydrogens is 288 g/mol. The number of benzene rings is 1. The van der Waals surface area contributed by atoms with Crippen LogP contribution in [0, 0.1) is 12.8 Å². The van der Waals surface area contributed by atoms with Gasteiger partial charge in [0, 0.05) is 16.7 Å². The minimum Gasteiger partial charge on any atom is -0.507 e. The average molecular weight is 310 g/mol. The molecule has 0 aliphatic heterocycles. The van der Waals surface area contributed by atoms with Crippen LogP contribution in [0.4, 0.5) is 0 Å². The van der Waals surface area contributed by atoms with Crippen molar-refractivity contribution >= 4 is 17.3 Å². The number of hydrogen-bond acceptors (Lipinski definition) is 3. The molecular formula is C20H22O3. The standard InChI is InChI=1S/C20H22O3/c1-11(2)7-6-8-14-13(5)9-10-15-17(14)20(23)19(22)16(12(3)4)18(15)21/h6-7,9-10,12,21H,1,8H2,2-5H3/b7-6+. The zero-order valence-corrected chi connectivity index (χ0v) is 14.1. The molecule has 0 heterocycles. The number of hydrogen-bond donors (Lipinski definition) is 1. The van der Waals surface area contributed by atoms with E-state index in [2.05, 4.69) is 6.58 Å². The van der Waals surface area contributed by atoms with E-state index in [0.29, 0.717) is 17.5 Å². The van der Waals surface area contributed by atoms with Gasteiger partial charge in [0.05, 0.1) is 0 Å². The molecule has 0 spiro atoms. The SMILES string of the molecule is C=C(C)/C=C/Cc1c(C)ccc2c1C(=O)C(=O)C(C(C)C)=C2O. The predicted molar refractivity (Wildman–Crippen MR) is 92.6 cm³/mol. The lowest BCUT2D eigenvalue weighted by Gasteiger charge is -2.23. The Kier molecular flexibility index (Phi) is 4.69. The lowest BCUT2D eigenvalue weighted by Crippen LogP contribution is -2.28. The molecule has 1 aliphatic rings. The molecule has 1 aromatic rings. The number of aliphatic hydroxyl groups excluding tert-OH is 1. The molecule has 0 unspecified atom stereocenters.